The molecule has 1 aliphatic rings. The number of hydrogen-bond acceptors (Lipinski definition) is 5. The molecule has 0 saturated carbocycles. The molecule has 0 aliphatic carbocycles. The van der Waals surface area contributed by atoms with E-state index in [-0.39, 0.29) is 17.2 Å². The third kappa shape index (κ3) is 4.80. The first-order valence-corrected chi connectivity index (χ1v) is 11.1. The van der Waals surface area contributed by atoms with E-state index in [4.69, 9.17) is 0 Å². The zero-order valence-electron chi connectivity index (χ0n) is 16.9. The Morgan fingerprint density at radius 3 is 2.60 bits per heavy atom. The number of para-hydroxylation sites is 1. The highest BCUT2D eigenvalue weighted by atomic mass is 32.2. The van der Waals surface area contributed by atoms with Crippen LogP contribution in [0.5, 0.6) is 0 Å². The lowest BCUT2D eigenvalue weighted by molar-refractivity contribution is 0.102. The van der Waals surface area contributed by atoms with Crippen molar-refractivity contribution in [1.29, 1.82) is 0 Å². The molecule has 154 valence electrons. The second-order valence-corrected chi connectivity index (χ2v) is 8.52. The SMILES string of the molecule is Cc1ccc(CN2CCSCC2)cc1NC(=O)c1ccc(=O)n(-c2ccccc2)n1. The number of aromatic nitrogens is 2. The van der Waals surface area contributed by atoms with E-state index in [0.717, 1.165) is 42.4 Å². The predicted octanol–water partition coefficient (Wildman–Crippen LogP) is 3.34. The molecule has 3 aromatic rings. The first-order chi connectivity index (χ1) is 14.6. The third-order valence-corrected chi connectivity index (χ3v) is 6.04. The number of hydrogen-bond donors (Lipinski definition) is 1. The number of nitrogens with one attached hydrogen (secondary N) is 1. The minimum Gasteiger partial charge on any atom is -0.320 e. The van der Waals surface area contributed by atoms with E-state index < -0.39 is 0 Å². The molecule has 2 aromatic carbocycles. The Labute approximate surface area is 179 Å². The zero-order chi connectivity index (χ0) is 20.9. The van der Waals surface area contributed by atoms with Gasteiger partial charge in [-0.25, -0.2) is 0 Å². The van der Waals surface area contributed by atoms with Crippen LogP contribution in [-0.4, -0.2) is 45.2 Å². The van der Waals surface area contributed by atoms with Crippen molar-refractivity contribution in [3.05, 3.63) is 87.8 Å². The van der Waals surface area contributed by atoms with Crippen LogP contribution in [0.15, 0.2) is 65.5 Å². The molecule has 6 nitrogen and oxygen atoms in total. The Morgan fingerprint density at radius 2 is 1.83 bits per heavy atom. The van der Waals surface area contributed by atoms with Crippen molar-refractivity contribution in [3.63, 3.8) is 0 Å². The van der Waals surface area contributed by atoms with E-state index in [9.17, 15) is 9.59 Å². The van der Waals surface area contributed by atoms with Gasteiger partial charge < -0.3 is 5.32 Å². The second-order valence-electron chi connectivity index (χ2n) is 7.30. The van der Waals surface area contributed by atoms with Gasteiger partial charge in [0.05, 0.1) is 5.69 Å². The summed E-state index contributed by atoms with van der Waals surface area (Å²) < 4.78 is 1.24. The summed E-state index contributed by atoms with van der Waals surface area (Å²) >= 11 is 1.99. The molecule has 0 atom stereocenters. The van der Waals surface area contributed by atoms with E-state index in [0.29, 0.717) is 5.69 Å². The Morgan fingerprint density at radius 1 is 1.07 bits per heavy atom. The first-order valence-electron chi connectivity index (χ1n) is 9.97. The second kappa shape index (κ2) is 9.28. The standard InChI is InChI=1S/C23H24N4O2S/c1-17-7-8-18(16-26-11-13-30-14-12-26)15-21(17)24-23(29)20-9-10-22(28)27(25-20)19-5-3-2-4-6-19/h2-10,15H,11-14,16H2,1H3,(H,24,29). The zero-order valence-corrected chi connectivity index (χ0v) is 17.7. The van der Waals surface area contributed by atoms with Crippen LogP contribution in [-0.2, 0) is 6.54 Å². The minimum atomic E-state index is -0.339. The maximum absolute atomic E-state index is 12.9. The Bertz CT molecular complexity index is 1090. The normalized spacial score (nSPS) is 14.4. The number of anilines is 1. The Hall–Kier alpha value is -2.90. The largest absolute Gasteiger partial charge is 0.320 e. The molecule has 0 bridgehead atoms. The molecule has 1 aliphatic heterocycles. The van der Waals surface area contributed by atoms with Crippen molar-refractivity contribution in [2.75, 3.05) is 29.9 Å². The highest BCUT2D eigenvalue weighted by molar-refractivity contribution is 7.99. The number of rotatable bonds is 5. The molecular weight excluding hydrogens is 396 g/mol. The Balaban J connectivity index is 1.54. The summed E-state index contributed by atoms with van der Waals surface area (Å²) in [6, 6.07) is 18.1. The number of carbonyl (C=O) groups excluding carboxylic acids is 1. The molecule has 1 N–H and O–H groups in total. The lowest BCUT2D eigenvalue weighted by Crippen LogP contribution is -2.32. The lowest BCUT2D eigenvalue weighted by atomic mass is 10.1. The smallest absolute Gasteiger partial charge is 0.276 e. The van der Waals surface area contributed by atoms with Gasteiger partial charge in [-0.1, -0.05) is 30.3 Å². The number of aryl methyl sites for hydroxylation is 1. The van der Waals surface area contributed by atoms with Crippen molar-refractivity contribution >= 4 is 23.4 Å². The molecule has 0 spiro atoms. The van der Waals surface area contributed by atoms with Gasteiger partial charge in [-0.05, 0) is 42.3 Å². The van der Waals surface area contributed by atoms with Crippen molar-refractivity contribution in [2.24, 2.45) is 0 Å². The van der Waals surface area contributed by atoms with Crippen LogP contribution in [0.3, 0.4) is 0 Å². The van der Waals surface area contributed by atoms with Crippen LogP contribution in [0.25, 0.3) is 5.69 Å². The van der Waals surface area contributed by atoms with Crippen LogP contribution in [0.1, 0.15) is 21.6 Å². The molecule has 7 heteroatoms. The van der Waals surface area contributed by atoms with Gasteiger partial charge in [0, 0.05) is 42.9 Å². The van der Waals surface area contributed by atoms with Crippen LogP contribution in [0.4, 0.5) is 5.69 Å². The summed E-state index contributed by atoms with van der Waals surface area (Å²) in [5.41, 5.74) is 3.45. The van der Waals surface area contributed by atoms with Crippen molar-refractivity contribution in [2.45, 2.75) is 13.5 Å². The van der Waals surface area contributed by atoms with E-state index in [1.54, 1.807) is 12.1 Å². The van der Waals surface area contributed by atoms with Gasteiger partial charge in [0.25, 0.3) is 11.5 Å². The van der Waals surface area contributed by atoms with Gasteiger partial charge in [-0.2, -0.15) is 21.5 Å². The topological polar surface area (TPSA) is 67.2 Å². The van der Waals surface area contributed by atoms with E-state index in [1.165, 1.54) is 22.4 Å². The van der Waals surface area contributed by atoms with Crippen LogP contribution in [0, 0.1) is 6.92 Å². The Kier molecular flexibility index (Phi) is 6.30. The molecule has 1 saturated heterocycles. The van der Waals surface area contributed by atoms with Gasteiger partial charge in [0.2, 0.25) is 0 Å². The number of thioether (sulfide) groups is 1. The highest BCUT2D eigenvalue weighted by Gasteiger charge is 2.14. The van der Waals surface area contributed by atoms with Crippen molar-refractivity contribution in [3.8, 4) is 5.69 Å². The monoisotopic (exact) mass is 420 g/mol. The molecule has 0 radical (unpaired) electrons. The van der Waals surface area contributed by atoms with E-state index in [2.05, 4.69) is 21.4 Å². The van der Waals surface area contributed by atoms with Gasteiger partial charge in [-0.3, -0.25) is 14.5 Å². The van der Waals surface area contributed by atoms with Crippen molar-refractivity contribution < 1.29 is 4.79 Å². The fourth-order valence-electron chi connectivity index (χ4n) is 3.39. The maximum atomic E-state index is 12.9. The van der Waals surface area contributed by atoms with Gasteiger partial charge in [0.15, 0.2) is 0 Å². The molecule has 30 heavy (non-hydrogen) atoms. The molecule has 1 fully saturated rings. The van der Waals surface area contributed by atoms with Crippen LogP contribution < -0.4 is 10.9 Å². The van der Waals surface area contributed by atoms with Crippen LogP contribution >= 0.6 is 11.8 Å². The molecule has 4 rings (SSSR count). The molecule has 0 unspecified atom stereocenters. The summed E-state index contributed by atoms with van der Waals surface area (Å²) in [5, 5.41) is 7.23. The minimum absolute atomic E-state index is 0.191. The van der Waals surface area contributed by atoms with E-state index in [1.807, 2.05) is 49.0 Å². The summed E-state index contributed by atoms with van der Waals surface area (Å²) in [5.74, 6) is 1.99. The average molecular weight is 421 g/mol. The average Bonchev–Trinajstić information content (AvgIpc) is 2.77. The van der Waals surface area contributed by atoms with Crippen LogP contribution in [0.2, 0.25) is 0 Å². The third-order valence-electron chi connectivity index (χ3n) is 5.09. The summed E-state index contributed by atoms with van der Waals surface area (Å²) in [6.45, 7) is 5.02. The quantitative estimate of drug-likeness (QED) is 0.686. The predicted molar refractivity (Wildman–Crippen MR) is 122 cm³/mol. The molecule has 2 heterocycles. The summed E-state index contributed by atoms with van der Waals surface area (Å²) in [4.78, 5) is 27.5. The van der Waals surface area contributed by atoms with E-state index >= 15 is 0 Å². The fourth-order valence-corrected chi connectivity index (χ4v) is 4.37. The molecule has 1 aromatic heterocycles. The lowest BCUT2D eigenvalue weighted by Gasteiger charge is -2.26. The highest BCUT2D eigenvalue weighted by Crippen LogP contribution is 2.20. The number of carbonyl (C=O) groups is 1. The van der Waals surface area contributed by atoms with Gasteiger partial charge in [0.1, 0.15) is 5.69 Å². The number of amides is 1. The van der Waals surface area contributed by atoms with Gasteiger partial charge >= 0.3 is 0 Å². The maximum Gasteiger partial charge on any atom is 0.276 e. The summed E-state index contributed by atoms with van der Waals surface area (Å²) in [6.07, 6.45) is 0. The number of benzene rings is 2. The summed E-state index contributed by atoms with van der Waals surface area (Å²) in [7, 11) is 0. The molecular formula is C23H24N4O2S. The fraction of sp³-hybridized carbons (Fsp3) is 0.261. The van der Waals surface area contributed by atoms with Gasteiger partial charge in [-0.15, -0.1) is 0 Å². The first kappa shape index (κ1) is 20.4. The van der Waals surface area contributed by atoms with Crippen molar-refractivity contribution in [1.82, 2.24) is 14.7 Å². The molecule has 1 amide bonds. The number of nitrogens with zero attached hydrogens (tertiary/aromatic N) is 3.